The van der Waals surface area contributed by atoms with E-state index < -0.39 is 0 Å². The number of rotatable bonds is 8. The van der Waals surface area contributed by atoms with Gasteiger partial charge in [-0.15, -0.1) is 0 Å². The van der Waals surface area contributed by atoms with Gasteiger partial charge in [-0.2, -0.15) is 0 Å². The molecule has 0 atom stereocenters. The summed E-state index contributed by atoms with van der Waals surface area (Å²) in [4.78, 5) is 0. The van der Waals surface area contributed by atoms with Gasteiger partial charge in [0.25, 0.3) is 0 Å². The Morgan fingerprint density at radius 2 is 2.06 bits per heavy atom. The number of allylic oxidation sites excluding steroid dienone is 6. The van der Waals surface area contributed by atoms with Gasteiger partial charge in [0.15, 0.2) is 0 Å². The number of hydrogen-bond donors (Lipinski definition) is 1. The molecule has 16 heavy (non-hydrogen) atoms. The van der Waals surface area contributed by atoms with Crippen LogP contribution in [-0.2, 0) is 0 Å². The molecule has 0 radical (unpaired) electrons. The van der Waals surface area contributed by atoms with Gasteiger partial charge in [-0.3, -0.25) is 0 Å². The molecule has 0 heterocycles. The first-order valence-electron chi connectivity index (χ1n) is 6.02. The van der Waals surface area contributed by atoms with E-state index in [1.807, 2.05) is 6.08 Å². The highest BCUT2D eigenvalue weighted by Gasteiger charge is 1.91. The maximum atomic E-state index is 3.72. The summed E-state index contributed by atoms with van der Waals surface area (Å²) in [6.45, 7) is 11.9. The first-order valence-corrected chi connectivity index (χ1v) is 6.02. The Labute approximate surface area is 101 Å². The molecule has 0 aliphatic carbocycles. The van der Waals surface area contributed by atoms with E-state index in [1.165, 1.54) is 17.6 Å². The smallest absolute Gasteiger partial charge is 0.0140 e. The molecule has 0 aromatic rings. The van der Waals surface area contributed by atoms with Crippen LogP contribution >= 0.6 is 0 Å². The lowest BCUT2D eigenvalue weighted by Gasteiger charge is -2.03. The molecular formula is C15H25N. The van der Waals surface area contributed by atoms with Gasteiger partial charge in [0.05, 0.1) is 0 Å². The van der Waals surface area contributed by atoms with Gasteiger partial charge in [0.1, 0.15) is 0 Å². The molecule has 0 aliphatic heterocycles. The summed E-state index contributed by atoms with van der Waals surface area (Å²) in [6, 6.07) is 0. The zero-order valence-corrected chi connectivity index (χ0v) is 10.9. The van der Waals surface area contributed by atoms with Gasteiger partial charge in [0, 0.05) is 6.54 Å². The van der Waals surface area contributed by atoms with E-state index in [1.54, 1.807) is 0 Å². The van der Waals surface area contributed by atoms with Crippen molar-refractivity contribution in [2.45, 2.75) is 33.6 Å². The van der Waals surface area contributed by atoms with Crippen molar-refractivity contribution in [2.24, 2.45) is 0 Å². The van der Waals surface area contributed by atoms with Crippen molar-refractivity contribution in [1.82, 2.24) is 5.32 Å². The van der Waals surface area contributed by atoms with Gasteiger partial charge in [0.2, 0.25) is 0 Å². The van der Waals surface area contributed by atoms with Crippen molar-refractivity contribution in [3.63, 3.8) is 0 Å². The zero-order chi connectivity index (χ0) is 12.2. The molecule has 0 unspecified atom stereocenters. The van der Waals surface area contributed by atoms with Gasteiger partial charge in [-0.1, -0.05) is 48.1 Å². The molecule has 0 rings (SSSR count). The normalized spacial score (nSPS) is 13.4. The third-order valence-corrected chi connectivity index (χ3v) is 2.46. The molecule has 1 nitrogen and oxygen atoms in total. The summed E-state index contributed by atoms with van der Waals surface area (Å²) in [7, 11) is 0. The molecule has 0 saturated heterocycles. The van der Waals surface area contributed by atoms with E-state index in [9.17, 15) is 0 Å². The molecule has 1 N–H and O–H groups in total. The molecule has 90 valence electrons. The predicted octanol–water partition coefficient (Wildman–Crippen LogP) is 4.01. The van der Waals surface area contributed by atoms with Gasteiger partial charge in [-0.25, -0.2) is 0 Å². The highest BCUT2D eigenvalue weighted by Crippen LogP contribution is 2.05. The van der Waals surface area contributed by atoms with Crippen LogP contribution in [0.3, 0.4) is 0 Å². The van der Waals surface area contributed by atoms with E-state index in [0.717, 1.165) is 19.5 Å². The van der Waals surface area contributed by atoms with E-state index in [-0.39, 0.29) is 0 Å². The fourth-order valence-corrected chi connectivity index (χ4v) is 1.37. The van der Waals surface area contributed by atoms with Gasteiger partial charge < -0.3 is 5.32 Å². The number of hydrogen-bond acceptors (Lipinski definition) is 1. The standard InChI is InChI=1S/C15H25N/c1-5-9-15(7-3)10-8-12-16-13-11-14(4)6-2/h5-7,9,11,16H,2,8,10,12-13H2,1,3-4H3/b9-5-,14-11+,15-7+. The second-order valence-corrected chi connectivity index (χ2v) is 3.82. The van der Waals surface area contributed by atoms with Crippen molar-refractivity contribution in [1.29, 1.82) is 0 Å². The quantitative estimate of drug-likeness (QED) is 0.480. The van der Waals surface area contributed by atoms with Crippen molar-refractivity contribution >= 4 is 0 Å². The molecule has 0 amide bonds. The van der Waals surface area contributed by atoms with Crippen LogP contribution in [0.25, 0.3) is 0 Å². The fourth-order valence-electron chi connectivity index (χ4n) is 1.37. The second kappa shape index (κ2) is 10.4. The van der Waals surface area contributed by atoms with Crippen LogP contribution in [-0.4, -0.2) is 13.1 Å². The molecule has 1 heteroatoms. The Morgan fingerprint density at radius 1 is 1.31 bits per heavy atom. The SMILES string of the molecule is C=C/C(C)=C/CNCCCC(/C=C\C)=C/C. The van der Waals surface area contributed by atoms with Crippen LogP contribution in [0.2, 0.25) is 0 Å². The van der Waals surface area contributed by atoms with Crippen molar-refractivity contribution < 1.29 is 0 Å². The Balaban J connectivity index is 3.57. The van der Waals surface area contributed by atoms with Crippen LogP contribution in [0, 0.1) is 0 Å². The molecule has 0 aromatic heterocycles. The van der Waals surface area contributed by atoms with Crippen LogP contribution < -0.4 is 5.32 Å². The summed E-state index contributed by atoms with van der Waals surface area (Å²) in [6.07, 6.45) is 12.8. The van der Waals surface area contributed by atoms with Gasteiger partial charge in [-0.05, 0) is 40.2 Å². The highest BCUT2D eigenvalue weighted by molar-refractivity contribution is 5.17. The molecular weight excluding hydrogens is 194 g/mol. The van der Waals surface area contributed by atoms with E-state index in [4.69, 9.17) is 0 Å². The monoisotopic (exact) mass is 219 g/mol. The van der Waals surface area contributed by atoms with Crippen LogP contribution in [0.4, 0.5) is 0 Å². The second-order valence-electron chi connectivity index (χ2n) is 3.82. The Morgan fingerprint density at radius 3 is 2.62 bits per heavy atom. The third kappa shape index (κ3) is 8.25. The highest BCUT2D eigenvalue weighted by atomic mass is 14.8. The first-order chi connectivity index (χ1) is 7.74. The van der Waals surface area contributed by atoms with E-state index in [0.29, 0.717) is 0 Å². The lowest BCUT2D eigenvalue weighted by Crippen LogP contribution is -2.15. The average Bonchev–Trinajstić information content (AvgIpc) is 2.31. The lowest BCUT2D eigenvalue weighted by molar-refractivity contribution is 0.692. The summed E-state index contributed by atoms with van der Waals surface area (Å²) in [5, 5.41) is 3.40. The fraction of sp³-hybridized carbons (Fsp3) is 0.467. The molecule has 0 aromatic carbocycles. The summed E-state index contributed by atoms with van der Waals surface area (Å²) >= 11 is 0. The Bertz CT molecular complexity index is 269. The minimum Gasteiger partial charge on any atom is -0.313 e. The Hall–Kier alpha value is -1.08. The number of nitrogens with one attached hydrogen (secondary N) is 1. The van der Waals surface area contributed by atoms with E-state index in [2.05, 4.69) is 57.0 Å². The minimum absolute atomic E-state index is 0.937. The first kappa shape index (κ1) is 14.9. The van der Waals surface area contributed by atoms with Crippen molar-refractivity contribution in [3.05, 3.63) is 48.1 Å². The molecule has 0 aliphatic rings. The minimum atomic E-state index is 0.937. The lowest BCUT2D eigenvalue weighted by atomic mass is 10.1. The van der Waals surface area contributed by atoms with Crippen molar-refractivity contribution in [2.75, 3.05) is 13.1 Å². The topological polar surface area (TPSA) is 12.0 Å². The molecule has 0 saturated carbocycles. The van der Waals surface area contributed by atoms with Crippen LogP contribution in [0.1, 0.15) is 33.6 Å². The summed E-state index contributed by atoms with van der Waals surface area (Å²) < 4.78 is 0. The zero-order valence-electron chi connectivity index (χ0n) is 10.9. The predicted molar refractivity (Wildman–Crippen MR) is 74.6 cm³/mol. The summed E-state index contributed by atoms with van der Waals surface area (Å²) in [5.41, 5.74) is 2.65. The van der Waals surface area contributed by atoms with Gasteiger partial charge >= 0.3 is 0 Å². The maximum Gasteiger partial charge on any atom is 0.0140 e. The third-order valence-electron chi connectivity index (χ3n) is 2.46. The van der Waals surface area contributed by atoms with E-state index >= 15 is 0 Å². The Kier molecular flexibility index (Phi) is 9.73. The summed E-state index contributed by atoms with van der Waals surface area (Å²) in [5.74, 6) is 0. The largest absolute Gasteiger partial charge is 0.313 e. The molecule has 0 spiro atoms. The van der Waals surface area contributed by atoms with Crippen LogP contribution in [0.5, 0.6) is 0 Å². The van der Waals surface area contributed by atoms with Crippen LogP contribution in [0.15, 0.2) is 48.1 Å². The molecule has 0 fully saturated rings. The van der Waals surface area contributed by atoms with Crippen molar-refractivity contribution in [3.8, 4) is 0 Å². The molecule has 0 bridgehead atoms. The average molecular weight is 219 g/mol. The maximum absolute atomic E-state index is 3.72.